The zero-order valence-electron chi connectivity index (χ0n) is 10.1. The van der Waals surface area contributed by atoms with E-state index >= 15 is 0 Å². The van der Waals surface area contributed by atoms with Crippen molar-refractivity contribution in [3.8, 4) is 0 Å². The Morgan fingerprint density at radius 1 is 1.31 bits per heavy atom. The van der Waals surface area contributed by atoms with E-state index in [0.29, 0.717) is 5.92 Å². The lowest BCUT2D eigenvalue weighted by Crippen LogP contribution is -2.13. The molecule has 2 heteroatoms. The van der Waals surface area contributed by atoms with Crippen molar-refractivity contribution in [2.75, 3.05) is 0 Å². The molecular formula is C14H22O2. The van der Waals surface area contributed by atoms with Gasteiger partial charge in [-0.2, -0.15) is 0 Å². The number of aliphatic carboxylic acids is 1. The van der Waals surface area contributed by atoms with E-state index in [-0.39, 0.29) is 5.92 Å². The summed E-state index contributed by atoms with van der Waals surface area (Å²) in [4.78, 5) is 11.0. The van der Waals surface area contributed by atoms with E-state index in [9.17, 15) is 4.79 Å². The smallest absolute Gasteiger partial charge is 0.306 e. The van der Waals surface area contributed by atoms with Gasteiger partial charge in [-0.15, -0.1) is 0 Å². The second-order valence-electron chi connectivity index (χ2n) is 5.30. The number of hydrogen-bond acceptors (Lipinski definition) is 1. The number of carboxylic acids is 1. The monoisotopic (exact) mass is 222 g/mol. The molecule has 0 aliphatic heterocycles. The van der Waals surface area contributed by atoms with Crippen molar-refractivity contribution in [3.63, 3.8) is 0 Å². The zero-order valence-corrected chi connectivity index (χ0v) is 10.1. The molecule has 0 radical (unpaired) electrons. The van der Waals surface area contributed by atoms with Crippen molar-refractivity contribution in [1.29, 1.82) is 0 Å². The quantitative estimate of drug-likeness (QED) is 0.739. The highest BCUT2D eigenvalue weighted by Gasteiger charge is 2.49. The van der Waals surface area contributed by atoms with Crippen LogP contribution in [0.4, 0.5) is 0 Å². The van der Waals surface area contributed by atoms with Crippen molar-refractivity contribution in [2.24, 2.45) is 23.7 Å². The molecule has 0 bridgehead atoms. The summed E-state index contributed by atoms with van der Waals surface area (Å²) in [6.45, 7) is 1.99. The number of hydrogen-bond donors (Lipinski definition) is 1. The second kappa shape index (κ2) is 5.03. The SMILES string of the molecule is CCC(CC1[C@H]2CC/C=C/CC[C@@H]12)C(=O)O. The molecular weight excluding hydrogens is 200 g/mol. The van der Waals surface area contributed by atoms with Gasteiger partial charge in [-0.3, -0.25) is 4.79 Å². The third-order valence-corrected chi connectivity index (χ3v) is 4.41. The molecule has 0 aromatic rings. The first-order valence-corrected chi connectivity index (χ1v) is 6.61. The molecule has 0 aromatic heterocycles. The predicted octanol–water partition coefficient (Wildman–Crippen LogP) is 3.48. The number of carbonyl (C=O) groups is 1. The fourth-order valence-electron chi connectivity index (χ4n) is 3.31. The predicted molar refractivity (Wildman–Crippen MR) is 64.1 cm³/mol. The minimum Gasteiger partial charge on any atom is -0.481 e. The van der Waals surface area contributed by atoms with Gasteiger partial charge in [-0.25, -0.2) is 0 Å². The maximum absolute atomic E-state index is 11.0. The molecule has 0 aromatic carbocycles. The first-order valence-electron chi connectivity index (χ1n) is 6.61. The molecule has 0 saturated heterocycles. The van der Waals surface area contributed by atoms with Crippen LogP contribution in [-0.2, 0) is 4.79 Å². The van der Waals surface area contributed by atoms with E-state index in [1.54, 1.807) is 0 Å². The summed E-state index contributed by atoms with van der Waals surface area (Å²) in [6, 6.07) is 0. The molecule has 2 rings (SSSR count). The number of rotatable bonds is 4. The van der Waals surface area contributed by atoms with Crippen molar-refractivity contribution < 1.29 is 9.90 Å². The van der Waals surface area contributed by atoms with Gasteiger partial charge in [0, 0.05) is 0 Å². The van der Waals surface area contributed by atoms with Crippen LogP contribution in [-0.4, -0.2) is 11.1 Å². The molecule has 2 aliphatic carbocycles. The van der Waals surface area contributed by atoms with Crippen LogP contribution in [0.1, 0.15) is 45.4 Å². The molecule has 2 nitrogen and oxygen atoms in total. The summed E-state index contributed by atoms with van der Waals surface area (Å²) in [5, 5.41) is 9.08. The van der Waals surface area contributed by atoms with Crippen molar-refractivity contribution in [3.05, 3.63) is 12.2 Å². The maximum Gasteiger partial charge on any atom is 0.306 e. The Bertz CT molecular complexity index is 266. The number of carboxylic acid groups (broad SMARTS) is 1. The van der Waals surface area contributed by atoms with Crippen molar-refractivity contribution in [2.45, 2.75) is 45.4 Å². The highest BCUT2D eigenvalue weighted by Crippen LogP contribution is 2.55. The van der Waals surface area contributed by atoms with Crippen LogP contribution in [0.15, 0.2) is 12.2 Å². The van der Waals surface area contributed by atoms with Gasteiger partial charge < -0.3 is 5.11 Å². The Kier molecular flexibility index (Phi) is 3.67. The summed E-state index contributed by atoms with van der Waals surface area (Å²) in [7, 11) is 0. The highest BCUT2D eigenvalue weighted by molar-refractivity contribution is 5.69. The van der Waals surface area contributed by atoms with Crippen LogP contribution in [0.3, 0.4) is 0 Å². The van der Waals surface area contributed by atoms with Gasteiger partial charge in [0.1, 0.15) is 0 Å². The van der Waals surface area contributed by atoms with Gasteiger partial charge in [0.15, 0.2) is 0 Å². The maximum atomic E-state index is 11.0. The Labute approximate surface area is 97.7 Å². The molecule has 0 amide bonds. The molecule has 1 fully saturated rings. The summed E-state index contributed by atoms with van der Waals surface area (Å²) in [6.07, 6.45) is 11.2. The fraction of sp³-hybridized carbons (Fsp3) is 0.786. The minimum absolute atomic E-state index is 0.105. The Balaban J connectivity index is 1.86. The molecule has 1 N–H and O–H groups in total. The summed E-state index contributed by atoms with van der Waals surface area (Å²) < 4.78 is 0. The second-order valence-corrected chi connectivity index (χ2v) is 5.30. The molecule has 0 heterocycles. The van der Waals surface area contributed by atoms with Gasteiger partial charge in [0.25, 0.3) is 0 Å². The Morgan fingerprint density at radius 2 is 1.88 bits per heavy atom. The topological polar surface area (TPSA) is 37.3 Å². The summed E-state index contributed by atoms with van der Waals surface area (Å²) in [5.41, 5.74) is 0. The van der Waals surface area contributed by atoms with Crippen LogP contribution >= 0.6 is 0 Å². The minimum atomic E-state index is -0.597. The van der Waals surface area contributed by atoms with Gasteiger partial charge in [-0.05, 0) is 56.3 Å². The van der Waals surface area contributed by atoms with Gasteiger partial charge in [0.05, 0.1) is 5.92 Å². The Morgan fingerprint density at radius 3 is 2.31 bits per heavy atom. The largest absolute Gasteiger partial charge is 0.481 e. The average molecular weight is 222 g/mol. The number of allylic oxidation sites excluding steroid dienone is 2. The van der Waals surface area contributed by atoms with Crippen molar-refractivity contribution in [1.82, 2.24) is 0 Å². The lowest BCUT2D eigenvalue weighted by molar-refractivity contribution is -0.142. The van der Waals surface area contributed by atoms with E-state index in [1.165, 1.54) is 25.7 Å². The van der Waals surface area contributed by atoms with E-state index in [0.717, 1.165) is 24.7 Å². The van der Waals surface area contributed by atoms with E-state index in [2.05, 4.69) is 12.2 Å². The van der Waals surface area contributed by atoms with Crippen LogP contribution in [0.5, 0.6) is 0 Å². The molecule has 4 atom stereocenters. The molecule has 16 heavy (non-hydrogen) atoms. The average Bonchev–Trinajstić information content (AvgIpc) is 2.84. The van der Waals surface area contributed by atoms with Crippen LogP contribution in [0, 0.1) is 23.7 Å². The summed E-state index contributed by atoms with van der Waals surface area (Å²) in [5.74, 6) is 1.67. The third kappa shape index (κ3) is 2.47. The molecule has 0 spiro atoms. The Hall–Kier alpha value is -0.790. The molecule has 2 aliphatic rings. The van der Waals surface area contributed by atoms with Crippen LogP contribution in [0.25, 0.3) is 0 Å². The van der Waals surface area contributed by atoms with Crippen LogP contribution in [0.2, 0.25) is 0 Å². The van der Waals surface area contributed by atoms with Gasteiger partial charge in [0.2, 0.25) is 0 Å². The molecule has 90 valence electrons. The van der Waals surface area contributed by atoms with E-state index in [1.807, 2.05) is 6.92 Å². The van der Waals surface area contributed by atoms with Gasteiger partial charge >= 0.3 is 5.97 Å². The third-order valence-electron chi connectivity index (χ3n) is 4.41. The lowest BCUT2D eigenvalue weighted by Gasteiger charge is -2.08. The van der Waals surface area contributed by atoms with E-state index < -0.39 is 5.97 Å². The van der Waals surface area contributed by atoms with Gasteiger partial charge in [-0.1, -0.05) is 19.1 Å². The highest BCUT2D eigenvalue weighted by atomic mass is 16.4. The first kappa shape index (κ1) is 11.7. The molecule has 1 saturated carbocycles. The summed E-state index contributed by atoms with van der Waals surface area (Å²) >= 11 is 0. The standard InChI is InChI=1S/C14H22O2/c1-2-10(14(15)16)9-13-11-7-5-3-4-6-8-12(11)13/h3-4,10-13H,2,5-9H2,1H3,(H,15,16)/b4-3+/t10?,11-,12+,13?. The van der Waals surface area contributed by atoms with Crippen LogP contribution < -0.4 is 0 Å². The molecule has 2 unspecified atom stereocenters. The van der Waals surface area contributed by atoms with E-state index in [4.69, 9.17) is 5.11 Å². The number of fused-ring (bicyclic) bond motifs is 1. The lowest BCUT2D eigenvalue weighted by atomic mass is 9.97. The first-order chi connectivity index (χ1) is 7.74. The van der Waals surface area contributed by atoms with Crippen molar-refractivity contribution >= 4 is 5.97 Å². The zero-order chi connectivity index (χ0) is 11.5. The normalized spacial score (nSPS) is 36.7. The fourth-order valence-corrected chi connectivity index (χ4v) is 3.31.